The lowest BCUT2D eigenvalue weighted by Crippen LogP contribution is -2.14. The smallest absolute Gasteiger partial charge is 0.266 e. The Balaban J connectivity index is 1.78. The Morgan fingerprint density at radius 2 is 1.76 bits per heavy atom. The third-order valence-corrected chi connectivity index (χ3v) is 5.00. The van der Waals surface area contributed by atoms with Crippen LogP contribution in [0, 0.1) is 21.8 Å². The number of nitrogens with one attached hydrogen (secondary N) is 1. The molecule has 0 aromatic heterocycles. The second-order valence-corrected chi connectivity index (χ2v) is 7.64. The van der Waals surface area contributed by atoms with E-state index in [1.54, 1.807) is 12.1 Å². The number of halogens is 1. The van der Waals surface area contributed by atoms with Gasteiger partial charge in [0.2, 0.25) is 0 Å². The minimum absolute atomic E-state index is 0.0126. The fraction of sp³-hybridized carbons (Fsp3) is 0.0833. The summed E-state index contributed by atoms with van der Waals surface area (Å²) in [7, 11) is 0. The maximum Gasteiger partial charge on any atom is 0.266 e. The molecule has 0 atom stereocenters. The van der Waals surface area contributed by atoms with E-state index in [1.807, 2.05) is 79.7 Å². The summed E-state index contributed by atoms with van der Waals surface area (Å²) in [4.78, 5) is 12.6. The topological polar surface area (TPSA) is 62.1 Å². The normalized spacial score (nSPS) is 10.9. The monoisotopic (exact) mass is 494 g/mol. The first-order chi connectivity index (χ1) is 14.1. The zero-order chi connectivity index (χ0) is 20.6. The fourth-order valence-electron chi connectivity index (χ4n) is 2.68. The van der Waals surface area contributed by atoms with Crippen molar-refractivity contribution in [2.75, 3.05) is 5.32 Å². The predicted octanol–water partition coefficient (Wildman–Crippen LogP) is 5.72. The second-order valence-electron chi connectivity index (χ2n) is 6.39. The zero-order valence-electron chi connectivity index (χ0n) is 15.9. The van der Waals surface area contributed by atoms with Crippen molar-refractivity contribution in [1.29, 1.82) is 5.26 Å². The summed E-state index contributed by atoms with van der Waals surface area (Å²) in [5.41, 5.74) is 3.34. The molecule has 0 saturated heterocycles. The minimum atomic E-state index is -0.450. The van der Waals surface area contributed by atoms with Crippen molar-refractivity contribution < 1.29 is 9.53 Å². The molecule has 1 N–H and O–H groups in total. The molecule has 0 unspecified atom stereocenters. The van der Waals surface area contributed by atoms with Gasteiger partial charge in [0.15, 0.2) is 0 Å². The van der Waals surface area contributed by atoms with E-state index in [2.05, 4.69) is 27.9 Å². The highest BCUT2D eigenvalue weighted by Crippen LogP contribution is 2.23. The SMILES string of the molecule is Cc1ccccc1NC(=O)/C(C#N)=C/c1ccccc1OCc1ccc(I)cc1. The van der Waals surface area contributed by atoms with Crippen LogP contribution in [0.3, 0.4) is 0 Å². The molecule has 0 aliphatic rings. The summed E-state index contributed by atoms with van der Waals surface area (Å²) < 4.78 is 7.10. The number of carbonyl (C=O) groups excluding carboxylic acids is 1. The van der Waals surface area contributed by atoms with Crippen molar-refractivity contribution in [3.05, 3.63) is 98.6 Å². The van der Waals surface area contributed by atoms with E-state index in [-0.39, 0.29) is 5.57 Å². The number of nitriles is 1. The van der Waals surface area contributed by atoms with Gasteiger partial charge in [0, 0.05) is 14.8 Å². The van der Waals surface area contributed by atoms with Crippen LogP contribution in [0.2, 0.25) is 0 Å². The van der Waals surface area contributed by atoms with Crippen molar-refractivity contribution in [3.8, 4) is 11.8 Å². The third kappa shape index (κ3) is 5.69. The maximum atomic E-state index is 12.6. The Morgan fingerprint density at radius 1 is 1.07 bits per heavy atom. The molecule has 3 rings (SSSR count). The lowest BCUT2D eigenvalue weighted by Gasteiger charge is -2.10. The van der Waals surface area contributed by atoms with Gasteiger partial charge in [-0.05, 0) is 71.0 Å². The van der Waals surface area contributed by atoms with Gasteiger partial charge < -0.3 is 10.1 Å². The van der Waals surface area contributed by atoms with Gasteiger partial charge in [-0.2, -0.15) is 5.26 Å². The highest BCUT2D eigenvalue weighted by molar-refractivity contribution is 14.1. The van der Waals surface area contributed by atoms with Gasteiger partial charge in [0.05, 0.1) is 0 Å². The molecule has 0 fully saturated rings. The van der Waals surface area contributed by atoms with E-state index >= 15 is 0 Å². The van der Waals surface area contributed by atoms with E-state index in [9.17, 15) is 10.1 Å². The predicted molar refractivity (Wildman–Crippen MR) is 123 cm³/mol. The summed E-state index contributed by atoms with van der Waals surface area (Å²) in [6, 6.07) is 24.9. The van der Waals surface area contributed by atoms with E-state index in [0.29, 0.717) is 23.6 Å². The van der Waals surface area contributed by atoms with Crippen LogP contribution in [-0.2, 0) is 11.4 Å². The first kappa shape index (κ1) is 20.6. The van der Waals surface area contributed by atoms with Gasteiger partial charge >= 0.3 is 0 Å². The highest BCUT2D eigenvalue weighted by atomic mass is 127. The molecular formula is C24H19IN2O2. The van der Waals surface area contributed by atoms with Gasteiger partial charge in [-0.1, -0.05) is 48.5 Å². The van der Waals surface area contributed by atoms with Crippen LogP contribution in [0.4, 0.5) is 5.69 Å². The number of amides is 1. The summed E-state index contributed by atoms with van der Waals surface area (Å²) in [6.45, 7) is 2.30. The number of rotatable bonds is 6. The highest BCUT2D eigenvalue weighted by Gasteiger charge is 2.12. The average molecular weight is 494 g/mol. The first-order valence-electron chi connectivity index (χ1n) is 9.02. The molecule has 0 saturated carbocycles. The van der Waals surface area contributed by atoms with E-state index in [4.69, 9.17) is 4.74 Å². The molecule has 0 aliphatic carbocycles. The number of hydrogen-bond donors (Lipinski definition) is 1. The molecule has 3 aromatic rings. The number of ether oxygens (including phenoxy) is 1. The van der Waals surface area contributed by atoms with Crippen LogP contribution in [0.1, 0.15) is 16.7 Å². The molecule has 5 heteroatoms. The molecule has 144 valence electrons. The summed E-state index contributed by atoms with van der Waals surface area (Å²) >= 11 is 2.26. The number of carbonyl (C=O) groups is 1. The second kappa shape index (κ2) is 9.89. The van der Waals surface area contributed by atoms with E-state index in [0.717, 1.165) is 14.7 Å². The average Bonchev–Trinajstić information content (AvgIpc) is 2.74. The molecular weight excluding hydrogens is 475 g/mol. The van der Waals surface area contributed by atoms with E-state index in [1.165, 1.54) is 0 Å². The number of benzene rings is 3. The quantitative estimate of drug-likeness (QED) is 0.271. The molecule has 0 heterocycles. The van der Waals surface area contributed by atoms with Crippen molar-refractivity contribution in [3.63, 3.8) is 0 Å². The molecule has 0 radical (unpaired) electrons. The first-order valence-corrected chi connectivity index (χ1v) is 10.1. The number of para-hydroxylation sites is 2. The molecule has 29 heavy (non-hydrogen) atoms. The fourth-order valence-corrected chi connectivity index (χ4v) is 3.04. The van der Waals surface area contributed by atoms with Crippen molar-refractivity contribution >= 4 is 40.3 Å². The molecule has 0 bridgehead atoms. The van der Waals surface area contributed by atoms with Gasteiger partial charge in [-0.3, -0.25) is 4.79 Å². The number of anilines is 1. The minimum Gasteiger partial charge on any atom is -0.488 e. The third-order valence-electron chi connectivity index (χ3n) is 4.28. The molecule has 1 amide bonds. The number of hydrogen-bond acceptors (Lipinski definition) is 3. The largest absolute Gasteiger partial charge is 0.488 e. The van der Waals surface area contributed by atoms with Crippen LogP contribution in [0.25, 0.3) is 6.08 Å². The summed E-state index contributed by atoms with van der Waals surface area (Å²) in [5, 5.41) is 12.3. The lowest BCUT2D eigenvalue weighted by molar-refractivity contribution is -0.112. The van der Waals surface area contributed by atoms with Gasteiger partial charge in [0.1, 0.15) is 24.0 Å². The van der Waals surface area contributed by atoms with Gasteiger partial charge in [0.25, 0.3) is 5.91 Å². The molecule has 3 aromatic carbocycles. The van der Waals surface area contributed by atoms with Crippen LogP contribution in [0.15, 0.2) is 78.4 Å². The molecule has 4 nitrogen and oxygen atoms in total. The Bertz CT molecular complexity index is 1080. The molecule has 0 aliphatic heterocycles. The summed E-state index contributed by atoms with van der Waals surface area (Å²) in [6.07, 6.45) is 1.55. The lowest BCUT2D eigenvalue weighted by atomic mass is 10.1. The molecule has 0 spiro atoms. The van der Waals surface area contributed by atoms with Crippen LogP contribution in [0.5, 0.6) is 5.75 Å². The number of aryl methyl sites for hydroxylation is 1. The Kier molecular flexibility index (Phi) is 7.04. The van der Waals surface area contributed by atoms with Crippen LogP contribution < -0.4 is 10.1 Å². The van der Waals surface area contributed by atoms with Crippen molar-refractivity contribution in [2.24, 2.45) is 0 Å². The number of nitrogens with zero attached hydrogens (tertiary/aromatic N) is 1. The Morgan fingerprint density at radius 3 is 2.48 bits per heavy atom. The van der Waals surface area contributed by atoms with Crippen LogP contribution in [-0.4, -0.2) is 5.91 Å². The van der Waals surface area contributed by atoms with Gasteiger partial charge in [-0.15, -0.1) is 0 Å². The van der Waals surface area contributed by atoms with Gasteiger partial charge in [-0.25, -0.2) is 0 Å². The Hall–Kier alpha value is -3.11. The maximum absolute atomic E-state index is 12.6. The summed E-state index contributed by atoms with van der Waals surface area (Å²) in [5.74, 6) is 0.164. The van der Waals surface area contributed by atoms with Crippen LogP contribution >= 0.6 is 22.6 Å². The van der Waals surface area contributed by atoms with Crippen molar-refractivity contribution in [2.45, 2.75) is 13.5 Å². The van der Waals surface area contributed by atoms with E-state index < -0.39 is 5.91 Å². The van der Waals surface area contributed by atoms with Crippen molar-refractivity contribution in [1.82, 2.24) is 0 Å². The standard InChI is InChI=1S/C24H19IN2O2/c1-17-6-2-4-8-22(17)27-24(28)20(15-26)14-19-7-3-5-9-23(19)29-16-18-10-12-21(25)13-11-18/h2-14H,16H2,1H3,(H,27,28)/b20-14+. The zero-order valence-corrected chi connectivity index (χ0v) is 18.0. The Labute approximate surface area is 184 Å².